The summed E-state index contributed by atoms with van der Waals surface area (Å²) in [5.74, 6) is 0.736. The minimum absolute atomic E-state index is 0.736. The van der Waals surface area contributed by atoms with E-state index in [9.17, 15) is 0 Å². The zero-order valence-electron chi connectivity index (χ0n) is 7.74. The third-order valence-corrected chi connectivity index (χ3v) is 2.89. The third-order valence-electron chi connectivity index (χ3n) is 2.89. The molecular weight excluding hydrogens is 160 g/mol. The Balaban J connectivity index is 2.18. The van der Waals surface area contributed by atoms with E-state index >= 15 is 0 Å². The minimum atomic E-state index is 0.736. The maximum Gasteiger partial charge on any atom is 0.109 e. The summed E-state index contributed by atoms with van der Waals surface area (Å²) in [5.41, 5.74) is 2.31. The molecule has 0 saturated heterocycles. The van der Waals surface area contributed by atoms with Gasteiger partial charge in [0.15, 0.2) is 0 Å². The van der Waals surface area contributed by atoms with Gasteiger partial charge in [-0.15, -0.1) is 0 Å². The van der Waals surface area contributed by atoms with E-state index in [4.69, 9.17) is 5.11 Å². The predicted molar refractivity (Wildman–Crippen MR) is 53.0 cm³/mol. The van der Waals surface area contributed by atoms with Gasteiger partial charge in [0, 0.05) is 0 Å². The fraction of sp³-hybridized carbons (Fsp3) is 0.417. The Morgan fingerprint density at radius 3 is 2.69 bits per heavy atom. The number of aliphatic hydroxyl groups is 1. The molecule has 0 spiro atoms. The van der Waals surface area contributed by atoms with Crippen LogP contribution in [0.25, 0.3) is 0 Å². The zero-order valence-corrected chi connectivity index (χ0v) is 7.74. The van der Waals surface area contributed by atoms with E-state index in [1.807, 2.05) is 12.1 Å². The molecule has 69 valence electrons. The summed E-state index contributed by atoms with van der Waals surface area (Å²) in [6.07, 6.45) is 5.35. The maximum absolute atomic E-state index is 8.88. The summed E-state index contributed by atoms with van der Waals surface area (Å²) < 4.78 is 0. The number of rotatable bonds is 2. The summed E-state index contributed by atoms with van der Waals surface area (Å²) in [7, 11) is 0. The zero-order chi connectivity index (χ0) is 9.10. The molecule has 1 fully saturated rings. The van der Waals surface area contributed by atoms with Gasteiger partial charge in [-0.1, -0.05) is 37.1 Å². The molecule has 0 atom stereocenters. The van der Waals surface area contributed by atoms with Gasteiger partial charge in [0.05, 0.1) is 0 Å². The van der Waals surface area contributed by atoms with Crippen LogP contribution in [0.3, 0.4) is 0 Å². The highest BCUT2D eigenvalue weighted by atomic mass is 16.3. The van der Waals surface area contributed by atoms with Gasteiger partial charge < -0.3 is 5.11 Å². The predicted octanol–water partition coefficient (Wildman–Crippen LogP) is 3.23. The highest BCUT2D eigenvalue weighted by Crippen LogP contribution is 2.34. The molecule has 1 heteroatoms. The Morgan fingerprint density at radius 1 is 1.23 bits per heavy atom. The van der Waals surface area contributed by atoms with Crippen LogP contribution >= 0.6 is 0 Å². The van der Waals surface area contributed by atoms with E-state index in [2.05, 4.69) is 12.1 Å². The molecule has 0 bridgehead atoms. The molecule has 1 saturated carbocycles. The average molecular weight is 175 g/mol. The highest BCUT2D eigenvalue weighted by Gasteiger charge is 2.16. The second kappa shape index (κ2) is 3.93. The Morgan fingerprint density at radius 2 is 2.00 bits per heavy atom. The van der Waals surface area contributed by atoms with E-state index < -0.39 is 0 Å². The van der Waals surface area contributed by atoms with Crippen LogP contribution in [0.5, 0.6) is 0 Å². The van der Waals surface area contributed by atoms with Crippen molar-refractivity contribution in [2.75, 3.05) is 0 Å². The molecule has 0 aromatic heterocycles. The van der Waals surface area contributed by atoms with E-state index in [1.54, 1.807) is 0 Å². The highest BCUT2D eigenvalue weighted by molar-refractivity contribution is 5.29. The molecule has 2 rings (SSSR count). The van der Waals surface area contributed by atoms with Crippen LogP contribution in [0.2, 0.25) is 0 Å². The van der Waals surface area contributed by atoms with Crippen LogP contribution in [0.4, 0.5) is 0 Å². The molecule has 1 radical (unpaired) electrons. The van der Waals surface area contributed by atoms with Crippen LogP contribution in [0.15, 0.2) is 24.3 Å². The second-order valence-electron chi connectivity index (χ2n) is 3.78. The van der Waals surface area contributed by atoms with E-state index in [0.29, 0.717) is 0 Å². The van der Waals surface area contributed by atoms with Crippen molar-refractivity contribution in [1.82, 2.24) is 0 Å². The van der Waals surface area contributed by atoms with Crippen LogP contribution in [-0.2, 0) is 0 Å². The Kier molecular flexibility index (Phi) is 2.65. The van der Waals surface area contributed by atoms with Crippen molar-refractivity contribution in [2.45, 2.75) is 31.6 Å². The summed E-state index contributed by atoms with van der Waals surface area (Å²) >= 11 is 0. The Bertz CT molecular complexity index is 274. The number of aliphatic hydroxyl groups excluding tert-OH is 1. The van der Waals surface area contributed by atoms with Crippen LogP contribution in [-0.4, -0.2) is 5.11 Å². The van der Waals surface area contributed by atoms with Gasteiger partial charge in [-0.05, 0) is 29.9 Å². The standard InChI is InChI=1S/C12H15O/c13-9-10-4-3-7-12(8-10)11-5-1-2-6-11/h3-4,7-9,11,13H,1-2,5-6H2. The van der Waals surface area contributed by atoms with Crippen molar-refractivity contribution in [3.63, 3.8) is 0 Å². The van der Waals surface area contributed by atoms with Crippen LogP contribution < -0.4 is 0 Å². The summed E-state index contributed by atoms with van der Waals surface area (Å²) in [5, 5.41) is 8.88. The van der Waals surface area contributed by atoms with Crippen LogP contribution in [0.1, 0.15) is 42.7 Å². The van der Waals surface area contributed by atoms with Gasteiger partial charge in [0.25, 0.3) is 0 Å². The lowest BCUT2D eigenvalue weighted by atomic mass is 9.96. The molecule has 0 heterocycles. The van der Waals surface area contributed by atoms with Gasteiger partial charge in [0.2, 0.25) is 0 Å². The minimum Gasteiger partial charge on any atom is -0.385 e. The van der Waals surface area contributed by atoms with Crippen molar-refractivity contribution < 1.29 is 5.11 Å². The molecule has 1 aromatic carbocycles. The number of hydrogen-bond acceptors (Lipinski definition) is 1. The van der Waals surface area contributed by atoms with E-state index in [-0.39, 0.29) is 0 Å². The summed E-state index contributed by atoms with van der Waals surface area (Å²) in [6, 6.07) is 8.22. The first-order valence-corrected chi connectivity index (χ1v) is 4.97. The molecule has 0 aliphatic heterocycles. The average Bonchev–Trinajstić information content (AvgIpc) is 2.71. The lowest BCUT2D eigenvalue weighted by molar-refractivity contribution is 0.414. The molecule has 13 heavy (non-hydrogen) atoms. The fourth-order valence-electron chi connectivity index (χ4n) is 2.15. The van der Waals surface area contributed by atoms with Crippen LogP contribution in [0, 0.1) is 6.61 Å². The van der Waals surface area contributed by atoms with Gasteiger partial charge in [-0.3, -0.25) is 0 Å². The first kappa shape index (κ1) is 8.76. The van der Waals surface area contributed by atoms with Crippen molar-refractivity contribution in [2.24, 2.45) is 0 Å². The maximum atomic E-state index is 8.88. The summed E-state index contributed by atoms with van der Waals surface area (Å²) in [4.78, 5) is 0. The van der Waals surface area contributed by atoms with Gasteiger partial charge in [-0.2, -0.15) is 0 Å². The topological polar surface area (TPSA) is 20.2 Å². The molecule has 0 amide bonds. The van der Waals surface area contributed by atoms with Gasteiger partial charge in [-0.25, -0.2) is 0 Å². The molecule has 1 aromatic rings. The smallest absolute Gasteiger partial charge is 0.109 e. The van der Waals surface area contributed by atoms with Gasteiger partial charge >= 0.3 is 0 Å². The van der Waals surface area contributed by atoms with Gasteiger partial charge in [0.1, 0.15) is 6.61 Å². The quantitative estimate of drug-likeness (QED) is 0.731. The molecular formula is C12H15O. The molecule has 1 aliphatic rings. The lowest BCUT2D eigenvalue weighted by Gasteiger charge is -2.09. The first-order chi connectivity index (χ1) is 6.40. The SMILES string of the molecule is O[CH]c1cccc(C2CCCC2)c1. The normalized spacial score (nSPS) is 17.9. The van der Waals surface area contributed by atoms with Crippen molar-refractivity contribution in [3.05, 3.63) is 42.0 Å². The number of hydrogen-bond donors (Lipinski definition) is 1. The first-order valence-electron chi connectivity index (χ1n) is 4.97. The monoisotopic (exact) mass is 175 g/mol. The van der Waals surface area contributed by atoms with E-state index in [1.165, 1.54) is 37.9 Å². The van der Waals surface area contributed by atoms with Crippen molar-refractivity contribution in [3.8, 4) is 0 Å². The lowest BCUT2D eigenvalue weighted by Crippen LogP contribution is -1.93. The second-order valence-corrected chi connectivity index (χ2v) is 3.78. The molecule has 1 N–H and O–H groups in total. The fourth-order valence-corrected chi connectivity index (χ4v) is 2.15. The molecule has 0 unspecified atom stereocenters. The number of benzene rings is 1. The Hall–Kier alpha value is -0.820. The largest absolute Gasteiger partial charge is 0.385 e. The molecule has 1 nitrogen and oxygen atoms in total. The summed E-state index contributed by atoms with van der Waals surface area (Å²) in [6.45, 7) is 1.18. The van der Waals surface area contributed by atoms with E-state index in [0.717, 1.165) is 11.5 Å². The van der Waals surface area contributed by atoms with Crippen molar-refractivity contribution >= 4 is 0 Å². The third kappa shape index (κ3) is 1.92. The Labute approximate surface area is 79.4 Å². The molecule has 1 aliphatic carbocycles. The van der Waals surface area contributed by atoms with Crippen molar-refractivity contribution in [1.29, 1.82) is 0 Å².